The molecule has 134 valence electrons. The molecule has 1 aromatic heterocycles. The van der Waals surface area contributed by atoms with E-state index in [1.807, 2.05) is 42.7 Å². The number of carbonyl (C=O) groups is 1. The number of aromatic nitrogens is 2. The van der Waals surface area contributed by atoms with Crippen LogP contribution in [0.5, 0.6) is 5.75 Å². The molecule has 0 bridgehead atoms. The fraction of sp³-hybridized carbons (Fsp3) is 0.211. The SMILES string of the molecule is COc1cc(SC)ccc1C(=O)O[C@H](C)c1nnc(-c2ccccc2)o1. The molecule has 0 unspecified atom stereocenters. The molecule has 3 rings (SSSR count). The molecule has 26 heavy (non-hydrogen) atoms. The molecule has 7 heteroatoms. The molecule has 0 spiro atoms. The van der Waals surface area contributed by atoms with Crippen LogP contribution in [0.25, 0.3) is 11.5 Å². The Hall–Kier alpha value is -2.80. The standard InChI is InChI=1S/C19H18N2O4S/c1-12(17-20-21-18(25-17)13-7-5-4-6-8-13)24-19(22)15-10-9-14(26-3)11-16(15)23-2/h4-12H,1-3H3/t12-/m1/s1. The number of rotatable bonds is 6. The highest BCUT2D eigenvalue weighted by atomic mass is 32.2. The minimum Gasteiger partial charge on any atom is -0.496 e. The quantitative estimate of drug-likeness (QED) is 0.471. The molecule has 1 heterocycles. The molecular weight excluding hydrogens is 352 g/mol. The van der Waals surface area contributed by atoms with Gasteiger partial charge in [0.15, 0.2) is 6.10 Å². The van der Waals surface area contributed by atoms with E-state index in [0.717, 1.165) is 10.5 Å². The van der Waals surface area contributed by atoms with E-state index in [4.69, 9.17) is 13.9 Å². The summed E-state index contributed by atoms with van der Waals surface area (Å²) in [7, 11) is 1.52. The third-order valence-electron chi connectivity index (χ3n) is 3.72. The molecule has 3 aromatic rings. The lowest BCUT2D eigenvalue weighted by Gasteiger charge is -2.12. The van der Waals surface area contributed by atoms with E-state index in [-0.39, 0.29) is 5.89 Å². The number of thioether (sulfide) groups is 1. The molecule has 0 aliphatic rings. The lowest BCUT2D eigenvalue weighted by molar-refractivity contribution is 0.0276. The van der Waals surface area contributed by atoms with Crippen LogP contribution in [0.4, 0.5) is 0 Å². The number of benzene rings is 2. The molecule has 0 aliphatic heterocycles. The predicted molar refractivity (Wildman–Crippen MR) is 98.3 cm³/mol. The number of ether oxygens (including phenoxy) is 2. The number of carbonyl (C=O) groups excluding carboxylic acids is 1. The summed E-state index contributed by atoms with van der Waals surface area (Å²) >= 11 is 1.56. The third kappa shape index (κ3) is 3.88. The van der Waals surface area contributed by atoms with E-state index in [9.17, 15) is 4.79 Å². The Morgan fingerprint density at radius 1 is 1.15 bits per heavy atom. The first-order valence-electron chi connectivity index (χ1n) is 7.94. The van der Waals surface area contributed by atoms with Gasteiger partial charge in [-0.3, -0.25) is 0 Å². The van der Waals surface area contributed by atoms with Crippen LogP contribution in [0.15, 0.2) is 57.8 Å². The van der Waals surface area contributed by atoms with Crippen LogP contribution in [0.3, 0.4) is 0 Å². The Kier molecular flexibility index (Phi) is 5.58. The van der Waals surface area contributed by atoms with E-state index in [0.29, 0.717) is 17.2 Å². The van der Waals surface area contributed by atoms with Crippen molar-refractivity contribution in [1.29, 1.82) is 0 Å². The van der Waals surface area contributed by atoms with Crippen LogP contribution < -0.4 is 4.74 Å². The minimum absolute atomic E-state index is 0.233. The van der Waals surface area contributed by atoms with Gasteiger partial charge in [-0.25, -0.2) is 4.79 Å². The van der Waals surface area contributed by atoms with Crippen LogP contribution in [0.2, 0.25) is 0 Å². The van der Waals surface area contributed by atoms with Crippen molar-refractivity contribution in [2.24, 2.45) is 0 Å². The minimum atomic E-state index is -0.683. The summed E-state index contributed by atoms with van der Waals surface area (Å²) in [6.45, 7) is 1.68. The molecule has 1 atom stereocenters. The second-order valence-electron chi connectivity index (χ2n) is 5.43. The van der Waals surface area contributed by atoms with Gasteiger partial charge in [-0.05, 0) is 43.5 Å². The van der Waals surface area contributed by atoms with Crippen molar-refractivity contribution in [2.45, 2.75) is 17.9 Å². The smallest absolute Gasteiger partial charge is 0.342 e. The molecule has 0 saturated carbocycles. The van der Waals surface area contributed by atoms with Gasteiger partial charge in [0.05, 0.1) is 7.11 Å². The van der Waals surface area contributed by atoms with Gasteiger partial charge in [0, 0.05) is 10.5 Å². The Labute approximate surface area is 155 Å². The first-order chi connectivity index (χ1) is 12.6. The zero-order chi connectivity index (χ0) is 18.5. The molecule has 0 radical (unpaired) electrons. The summed E-state index contributed by atoms with van der Waals surface area (Å²) in [6, 6.07) is 14.7. The van der Waals surface area contributed by atoms with Gasteiger partial charge >= 0.3 is 5.97 Å². The normalized spacial score (nSPS) is 11.8. The van der Waals surface area contributed by atoms with Crippen LogP contribution in [-0.2, 0) is 4.74 Å². The summed E-state index contributed by atoms with van der Waals surface area (Å²) < 4.78 is 16.4. The molecule has 0 N–H and O–H groups in total. The summed E-state index contributed by atoms with van der Waals surface area (Å²) in [5.41, 5.74) is 1.15. The van der Waals surface area contributed by atoms with Crippen molar-refractivity contribution < 1.29 is 18.7 Å². The maximum absolute atomic E-state index is 12.5. The van der Waals surface area contributed by atoms with E-state index < -0.39 is 12.1 Å². The maximum atomic E-state index is 12.5. The van der Waals surface area contributed by atoms with Gasteiger partial charge < -0.3 is 13.9 Å². The van der Waals surface area contributed by atoms with Crippen LogP contribution in [0.1, 0.15) is 29.3 Å². The first-order valence-corrected chi connectivity index (χ1v) is 9.16. The van der Waals surface area contributed by atoms with Crippen LogP contribution in [0, 0.1) is 0 Å². The monoisotopic (exact) mass is 370 g/mol. The molecule has 6 nitrogen and oxygen atoms in total. The highest BCUT2D eigenvalue weighted by molar-refractivity contribution is 7.98. The summed E-state index contributed by atoms with van der Waals surface area (Å²) in [4.78, 5) is 13.5. The fourth-order valence-electron chi connectivity index (χ4n) is 2.34. The fourth-order valence-corrected chi connectivity index (χ4v) is 2.77. The summed E-state index contributed by atoms with van der Waals surface area (Å²) in [5, 5.41) is 7.99. The topological polar surface area (TPSA) is 74.5 Å². The maximum Gasteiger partial charge on any atom is 0.342 e. The van der Waals surface area contributed by atoms with Crippen molar-refractivity contribution in [1.82, 2.24) is 10.2 Å². The first kappa shape index (κ1) is 18.0. The number of hydrogen-bond acceptors (Lipinski definition) is 7. The lowest BCUT2D eigenvalue weighted by atomic mass is 10.2. The van der Waals surface area contributed by atoms with Gasteiger partial charge in [-0.15, -0.1) is 22.0 Å². The average Bonchev–Trinajstić information content (AvgIpc) is 3.18. The van der Waals surface area contributed by atoms with Gasteiger partial charge in [0.25, 0.3) is 5.89 Å². The molecule has 0 fully saturated rings. The van der Waals surface area contributed by atoms with E-state index in [2.05, 4.69) is 10.2 Å². The Morgan fingerprint density at radius 3 is 2.62 bits per heavy atom. The largest absolute Gasteiger partial charge is 0.496 e. The average molecular weight is 370 g/mol. The van der Waals surface area contributed by atoms with Crippen LogP contribution in [-0.4, -0.2) is 29.5 Å². The number of methoxy groups -OCH3 is 1. The van der Waals surface area contributed by atoms with Gasteiger partial charge in [-0.1, -0.05) is 18.2 Å². The second-order valence-corrected chi connectivity index (χ2v) is 6.30. The number of hydrogen-bond donors (Lipinski definition) is 0. The zero-order valence-corrected chi connectivity index (χ0v) is 15.4. The summed E-state index contributed by atoms with van der Waals surface area (Å²) in [5.74, 6) is 0.563. The molecule has 2 aromatic carbocycles. The van der Waals surface area contributed by atoms with Crippen molar-refractivity contribution in [3.63, 3.8) is 0 Å². The summed E-state index contributed by atoms with van der Waals surface area (Å²) in [6.07, 6.45) is 1.27. The van der Waals surface area contributed by atoms with Crippen molar-refractivity contribution >= 4 is 17.7 Å². The van der Waals surface area contributed by atoms with Crippen molar-refractivity contribution in [3.8, 4) is 17.2 Å². The van der Waals surface area contributed by atoms with Crippen LogP contribution >= 0.6 is 11.8 Å². The molecule has 0 aliphatic carbocycles. The lowest BCUT2D eigenvalue weighted by Crippen LogP contribution is -2.11. The van der Waals surface area contributed by atoms with E-state index in [1.165, 1.54) is 7.11 Å². The molecule has 0 saturated heterocycles. The molecule has 0 amide bonds. The predicted octanol–water partition coefficient (Wildman–Crippen LogP) is 4.39. The Balaban J connectivity index is 1.75. The Bertz CT molecular complexity index is 896. The van der Waals surface area contributed by atoms with Crippen molar-refractivity contribution in [2.75, 3.05) is 13.4 Å². The highest BCUT2D eigenvalue weighted by Crippen LogP contribution is 2.28. The van der Waals surface area contributed by atoms with Gasteiger partial charge in [0.1, 0.15) is 11.3 Å². The van der Waals surface area contributed by atoms with E-state index in [1.54, 1.807) is 30.8 Å². The van der Waals surface area contributed by atoms with Gasteiger partial charge in [0.2, 0.25) is 5.89 Å². The van der Waals surface area contributed by atoms with Gasteiger partial charge in [-0.2, -0.15) is 0 Å². The highest BCUT2D eigenvalue weighted by Gasteiger charge is 2.22. The number of esters is 1. The zero-order valence-electron chi connectivity index (χ0n) is 14.6. The van der Waals surface area contributed by atoms with Crippen molar-refractivity contribution in [3.05, 3.63) is 60.0 Å². The van der Waals surface area contributed by atoms with E-state index >= 15 is 0 Å². The number of nitrogens with zero attached hydrogens (tertiary/aromatic N) is 2. The Morgan fingerprint density at radius 2 is 1.92 bits per heavy atom. The second kappa shape index (κ2) is 8.05. The third-order valence-corrected chi connectivity index (χ3v) is 4.45. The molecular formula is C19H18N2O4S.